The molecule has 0 aliphatic heterocycles. The molecule has 9 heteroatoms. The molecular weight excluding hydrogens is 405 g/mol. The number of carbonyl (C=O) groups is 2. The molecule has 0 spiro atoms. The maximum atomic E-state index is 12.3. The number of anilines is 1. The fourth-order valence-electron chi connectivity index (χ4n) is 2.21. The quantitative estimate of drug-likeness (QED) is 0.517. The Morgan fingerprint density at radius 2 is 1.68 bits per heavy atom. The normalized spacial score (nSPS) is 11.0. The van der Waals surface area contributed by atoms with Gasteiger partial charge < -0.3 is 14.8 Å². The summed E-state index contributed by atoms with van der Waals surface area (Å²) in [5.74, 6) is 0.161. The lowest BCUT2D eigenvalue weighted by atomic mass is 10.2. The molecule has 28 heavy (non-hydrogen) atoms. The van der Waals surface area contributed by atoms with Crippen LogP contribution in [0.2, 0.25) is 10.0 Å². The first-order valence-electron chi connectivity index (χ1n) is 8.14. The molecule has 0 saturated carbocycles. The molecule has 0 heterocycles. The van der Waals surface area contributed by atoms with Gasteiger partial charge in [-0.15, -0.1) is 0 Å². The van der Waals surface area contributed by atoms with Gasteiger partial charge in [-0.25, -0.2) is 5.43 Å². The average Bonchev–Trinajstić information content (AvgIpc) is 2.67. The molecule has 0 unspecified atom stereocenters. The molecule has 0 radical (unpaired) electrons. The fraction of sp³-hybridized carbons (Fsp3) is 0.211. The smallest absolute Gasteiger partial charge is 0.271 e. The Bertz CT molecular complexity index is 894. The van der Waals surface area contributed by atoms with Gasteiger partial charge in [0.1, 0.15) is 11.5 Å². The van der Waals surface area contributed by atoms with Crippen molar-refractivity contribution in [2.24, 2.45) is 5.10 Å². The predicted molar refractivity (Wildman–Crippen MR) is 110 cm³/mol. The number of hydrogen-bond acceptors (Lipinski definition) is 5. The molecule has 0 aromatic heterocycles. The first kappa shape index (κ1) is 21.5. The molecule has 2 aromatic rings. The summed E-state index contributed by atoms with van der Waals surface area (Å²) in [6, 6.07) is 9.51. The molecule has 0 aliphatic rings. The van der Waals surface area contributed by atoms with E-state index in [2.05, 4.69) is 15.8 Å². The summed E-state index contributed by atoms with van der Waals surface area (Å²) in [7, 11) is 2.98. The molecule has 148 valence electrons. The van der Waals surface area contributed by atoms with Crippen molar-refractivity contribution in [3.8, 4) is 11.5 Å². The number of methoxy groups -OCH3 is 2. The predicted octanol–water partition coefficient (Wildman–Crippen LogP) is 4.15. The number of hydrazone groups is 1. The van der Waals surface area contributed by atoms with Crippen molar-refractivity contribution in [1.82, 2.24) is 5.43 Å². The second kappa shape index (κ2) is 9.96. The highest BCUT2D eigenvalue weighted by molar-refractivity contribution is 6.36. The van der Waals surface area contributed by atoms with Crippen LogP contribution in [0.25, 0.3) is 0 Å². The van der Waals surface area contributed by atoms with E-state index in [1.807, 2.05) is 0 Å². The number of halogens is 2. The first-order valence-corrected chi connectivity index (χ1v) is 8.89. The van der Waals surface area contributed by atoms with Crippen LogP contribution in [-0.2, 0) is 4.79 Å². The summed E-state index contributed by atoms with van der Waals surface area (Å²) >= 11 is 11.8. The lowest BCUT2D eigenvalue weighted by Crippen LogP contribution is -2.21. The highest BCUT2D eigenvalue weighted by Crippen LogP contribution is 2.25. The van der Waals surface area contributed by atoms with Gasteiger partial charge in [0, 0.05) is 22.4 Å². The molecule has 0 aliphatic carbocycles. The molecular formula is C19H19Cl2N3O4. The topological polar surface area (TPSA) is 89.0 Å². The Kier molecular flexibility index (Phi) is 7.66. The zero-order chi connectivity index (χ0) is 20.7. The average molecular weight is 424 g/mol. The van der Waals surface area contributed by atoms with Crippen molar-refractivity contribution in [1.29, 1.82) is 0 Å². The number of nitrogens with zero attached hydrogens (tertiary/aromatic N) is 1. The van der Waals surface area contributed by atoms with Crippen molar-refractivity contribution in [3.05, 3.63) is 52.0 Å². The van der Waals surface area contributed by atoms with Crippen LogP contribution in [0.1, 0.15) is 23.7 Å². The fourth-order valence-corrected chi connectivity index (χ4v) is 2.66. The van der Waals surface area contributed by atoms with E-state index < -0.39 is 5.91 Å². The molecule has 2 rings (SSSR count). The maximum Gasteiger partial charge on any atom is 0.271 e. The van der Waals surface area contributed by atoms with E-state index in [1.54, 1.807) is 37.3 Å². The second-order valence-electron chi connectivity index (χ2n) is 5.74. The Hall–Kier alpha value is -2.77. The van der Waals surface area contributed by atoms with E-state index in [-0.39, 0.29) is 12.3 Å². The molecule has 0 fully saturated rings. The van der Waals surface area contributed by atoms with Crippen molar-refractivity contribution < 1.29 is 19.1 Å². The lowest BCUT2D eigenvalue weighted by molar-refractivity contribution is -0.115. The third-order valence-corrected chi connectivity index (χ3v) is 4.13. The highest BCUT2D eigenvalue weighted by Gasteiger charge is 2.11. The van der Waals surface area contributed by atoms with Crippen LogP contribution in [0.15, 0.2) is 41.5 Å². The van der Waals surface area contributed by atoms with Crippen molar-refractivity contribution in [2.75, 3.05) is 19.5 Å². The van der Waals surface area contributed by atoms with E-state index in [0.717, 1.165) is 0 Å². The summed E-state index contributed by atoms with van der Waals surface area (Å²) in [6.07, 6.45) is -0.0271. The van der Waals surface area contributed by atoms with Gasteiger partial charge in [-0.1, -0.05) is 23.2 Å². The first-order chi connectivity index (χ1) is 13.3. The second-order valence-corrected chi connectivity index (χ2v) is 6.58. The molecule has 0 bridgehead atoms. The Labute approximate surface area is 172 Å². The van der Waals surface area contributed by atoms with Crippen LogP contribution >= 0.6 is 23.2 Å². The standard InChI is InChI=1S/C19H19Cl2N3O4/c1-11(6-18(25)22-17-5-4-13(20)9-16(17)21)23-24-19(26)12-7-14(27-2)10-15(8-12)28-3/h4-5,7-10H,6H2,1-3H3,(H,22,25)(H,24,26). The SMILES string of the molecule is COc1cc(OC)cc(C(=O)NN=C(C)CC(=O)Nc2ccc(Cl)cc2Cl)c1. The number of benzene rings is 2. The van der Waals surface area contributed by atoms with Gasteiger partial charge >= 0.3 is 0 Å². The van der Waals surface area contributed by atoms with Gasteiger partial charge in [-0.05, 0) is 37.3 Å². The van der Waals surface area contributed by atoms with Crippen LogP contribution in [0.3, 0.4) is 0 Å². The van der Waals surface area contributed by atoms with Crippen molar-refractivity contribution in [2.45, 2.75) is 13.3 Å². The molecule has 2 N–H and O–H groups in total. The van der Waals surface area contributed by atoms with Crippen LogP contribution in [-0.4, -0.2) is 31.7 Å². The van der Waals surface area contributed by atoms with Gasteiger partial charge in [-0.3, -0.25) is 9.59 Å². The number of amides is 2. The third-order valence-electron chi connectivity index (χ3n) is 3.58. The molecule has 2 amide bonds. The number of hydrogen-bond donors (Lipinski definition) is 2. The molecule has 0 atom stereocenters. The van der Waals surface area contributed by atoms with Crippen molar-refractivity contribution >= 4 is 46.4 Å². The third kappa shape index (κ3) is 6.14. The van der Waals surface area contributed by atoms with Gasteiger partial charge in [0.25, 0.3) is 5.91 Å². The number of carbonyl (C=O) groups excluding carboxylic acids is 2. The minimum absolute atomic E-state index is 0.0271. The Morgan fingerprint density at radius 3 is 2.25 bits per heavy atom. The van der Waals surface area contributed by atoms with Gasteiger partial charge in [-0.2, -0.15) is 5.10 Å². The minimum atomic E-state index is -0.460. The van der Waals surface area contributed by atoms with Crippen LogP contribution in [0, 0.1) is 0 Å². The Morgan fingerprint density at radius 1 is 1.04 bits per heavy atom. The van der Waals surface area contributed by atoms with Crippen LogP contribution < -0.4 is 20.2 Å². The monoisotopic (exact) mass is 423 g/mol. The van der Waals surface area contributed by atoms with Gasteiger partial charge in [0.15, 0.2) is 0 Å². The summed E-state index contributed by atoms with van der Waals surface area (Å²) in [5, 5.41) is 7.41. The summed E-state index contributed by atoms with van der Waals surface area (Å²) in [4.78, 5) is 24.4. The molecule has 2 aromatic carbocycles. The highest BCUT2D eigenvalue weighted by atomic mass is 35.5. The lowest BCUT2D eigenvalue weighted by Gasteiger charge is -2.09. The summed E-state index contributed by atoms with van der Waals surface area (Å²) in [6.45, 7) is 1.62. The van der Waals surface area contributed by atoms with E-state index in [1.165, 1.54) is 20.3 Å². The molecule has 7 nitrogen and oxygen atoms in total. The van der Waals surface area contributed by atoms with E-state index in [0.29, 0.717) is 38.5 Å². The number of rotatable bonds is 7. The van der Waals surface area contributed by atoms with Crippen molar-refractivity contribution in [3.63, 3.8) is 0 Å². The van der Waals surface area contributed by atoms with E-state index in [4.69, 9.17) is 32.7 Å². The largest absolute Gasteiger partial charge is 0.497 e. The summed E-state index contributed by atoms with van der Waals surface area (Å²) in [5.41, 5.74) is 3.56. The van der Waals surface area contributed by atoms with E-state index >= 15 is 0 Å². The van der Waals surface area contributed by atoms with Gasteiger partial charge in [0.2, 0.25) is 5.91 Å². The van der Waals surface area contributed by atoms with Crippen LogP contribution in [0.5, 0.6) is 11.5 Å². The maximum absolute atomic E-state index is 12.3. The molecule has 0 saturated heterocycles. The minimum Gasteiger partial charge on any atom is -0.497 e. The zero-order valence-corrected chi connectivity index (χ0v) is 17.0. The number of nitrogens with one attached hydrogen (secondary N) is 2. The summed E-state index contributed by atoms with van der Waals surface area (Å²) < 4.78 is 10.3. The van der Waals surface area contributed by atoms with Crippen LogP contribution in [0.4, 0.5) is 5.69 Å². The number of ether oxygens (including phenoxy) is 2. The zero-order valence-electron chi connectivity index (χ0n) is 15.5. The Balaban J connectivity index is 1.98. The van der Waals surface area contributed by atoms with E-state index in [9.17, 15) is 9.59 Å². The van der Waals surface area contributed by atoms with Gasteiger partial charge in [0.05, 0.1) is 31.4 Å².